The van der Waals surface area contributed by atoms with Gasteiger partial charge in [-0.3, -0.25) is 4.79 Å². The third-order valence-electron chi connectivity index (χ3n) is 3.94. The van der Waals surface area contributed by atoms with E-state index in [2.05, 4.69) is 10.2 Å². The van der Waals surface area contributed by atoms with E-state index in [9.17, 15) is 18.0 Å². The first-order valence-corrected chi connectivity index (χ1v) is 7.84. The average molecular weight is 351 g/mol. The Morgan fingerprint density at radius 2 is 2.08 bits per heavy atom. The zero-order valence-electron chi connectivity index (χ0n) is 13.2. The van der Waals surface area contributed by atoms with Crippen molar-refractivity contribution in [1.82, 2.24) is 15.1 Å². The van der Waals surface area contributed by atoms with E-state index in [1.807, 2.05) is 0 Å². The summed E-state index contributed by atoms with van der Waals surface area (Å²) < 4.78 is 44.2. The first-order chi connectivity index (χ1) is 11.9. The predicted molar refractivity (Wildman–Crippen MR) is 83.0 cm³/mol. The number of amides is 1. The topological polar surface area (TPSA) is 55.3 Å². The van der Waals surface area contributed by atoms with Gasteiger partial charge < -0.3 is 9.64 Å². The summed E-state index contributed by atoms with van der Waals surface area (Å²) in [5.41, 5.74) is -0.808. The summed E-state index contributed by atoms with van der Waals surface area (Å²) in [4.78, 5) is 14.1. The molecule has 8 heteroatoms. The van der Waals surface area contributed by atoms with Crippen molar-refractivity contribution in [2.75, 3.05) is 13.1 Å². The lowest BCUT2D eigenvalue weighted by atomic mass is 10.1. The molecular weight excluding hydrogens is 335 g/mol. The summed E-state index contributed by atoms with van der Waals surface area (Å²) >= 11 is 0. The highest BCUT2D eigenvalue weighted by atomic mass is 19.4. The van der Waals surface area contributed by atoms with Crippen LogP contribution >= 0.6 is 0 Å². The molecule has 1 amide bonds. The standard InChI is InChI=1S/C17H16F3N3O2/c18-17(19,20)13-5-1-4-12(10-13)16(24)23-9-3-6-14(11-23)25-15-7-2-8-21-22-15/h1-2,4-5,7-8,10,14H,3,6,9,11H2. The number of carbonyl (C=O) groups is 1. The second-order valence-electron chi connectivity index (χ2n) is 5.77. The molecular formula is C17H16F3N3O2. The van der Waals surface area contributed by atoms with Crippen molar-refractivity contribution in [2.24, 2.45) is 0 Å². The zero-order valence-corrected chi connectivity index (χ0v) is 13.2. The van der Waals surface area contributed by atoms with Gasteiger partial charge in [0.2, 0.25) is 5.88 Å². The minimum absolute atomic E-state index is 0.0231. The molecule has 0 N–H and O–H groups in total. The van der Waals surface area contributed by atoms with Crippen molar-refractivity contribution in [3.63, 3.8) is 0 Å². The molecule has 0 radical (unpaired) electrons. The molecule has 1 fully saturated rings. The molecule has 0 spiro atoms. The lowest BCUT2D eigenvalue weighted by molar-refractivity contribution is -0.137. The highest BCUT2D eigenvalue weighted by molar-refractivity contribution is 5.94. The van der Waals surface area contributed by atoms with E-state index in [0.29, 0.717) is 25.4 Å². The van der Waals surface area contributed by atoms with E-state index >= 15 is 0 Å². The molecule has 1 aromatic heterocycles. The maximum absolute atomic E-state index is 12.8. The van der Waals surface area contributed by atoms with Crippen molar-refractivity contribution < 1.29 is 22.7 Å². The quantitative estimate of drug-likeness (QED) is 0.852. The number of nitrogens with zero attached hydrogens (tertiary/aromatic N) is 3. The summed E-state index contributed by atoms with van der Waals surface area (Å²) in [6, 6.07) is 7.83. The van der Waals surface area contributed by atoms with Crippen LogP contribution in [0.25, 0.3) is 0 Å². The molecule has 5 nitrogen and oxygen atoms in total. The average Bonchev–Trinajstić information content (AvgIpc) is 2.61. The molecule has 1 atom stereocenters. The van der Waals surface area contributed by atoms with E-state index < -0.39 is 17.6 Å². The number of likely N-dealkylation sites (tertiary alicyclic amines) is 1. The molecule has 2 aromatic rings. The first-order valence-electron chi connectivity index (χ1n) is 7.84. The molecule has 0 aliphatic carbocycles. The monoisotopic (exact) mass is 351 g/mol. The van der Waals surface area contributed by atoms with Gasteiger partial charge in [-0.25, -0.2) is 0 Å². The number of carbonyl (C=O) groups excluding carboxylic acids is 1. The van der Waals surface area contributed by atoms with Crippen LogP contribution in [-0.4, -0.2) is 40.2 Å². The number of halogens is 3. The van der Waals surface area contributed by atoms with Gasteiger partial charge in [0.05, 0.1) is 12.1 Å². The minimum Gasteiger partial charge on any atom is -0.471 e. The van der Waals surface area contributed by atoms with Crippen molar-refractivity contribution in [3.8, 4) is 5.88 Å². The van der Waals surface area contributed by atoms with E-state index in [1.54, 1.807) is 12.1 Å². The molecule has 1 saturated heterocycles. The van der Waals surface area contributed by atoms with Gasteiger partial charge in [0.25, 0.3) is 5.91 Å². The normalized spacial score (nSPS) is 18.0. The predicted octanol–water partition coefficient (Wildman–Crippen LogP) is 3.18. The van der Waals surface area contributed by atoms with Gasteiger partial charge in [-0.05, 0) is 37.1 Å². The summed E-state index contributed by atoms with van der Waals surface area (Å²) in [6.45, 7) is 0.779. The molecule has 0 saturated carbocycles. The van der Waals surface area contributed by atoms with Gasteiger partial charge in [0.1, 0.15) is 6.10 Å². The Morgan fingerprint density at radius 3 is 2.80 bits per heavy atom. The second-order valence-corrected chi connectivity index (χ2v) is 5.77. The number of aromatic nitrogens is 2. The third-order valence-corrected chi connectivity index (χ3v) is 3.94. The van der Waals surface area contributed by atoms with Gasteiger partial charge in [-0.2, -0.15) is 18.3 Å². The van der Waals surface area contributed by atoms with Crippen molar-refractivity contribution >= 4 is 5.91 Å². The van der Waals surface area contributed by atoms with Gasteiger partial charge >= 0.3 is 6.18 Å². The Hall–Kier alpha value is -2.64. The van der Waals surface area contributed by atoms with Crippen molar-refractivity contribution in [2.45, 2.75) is 25.1 Å². The number of piperidine rings is 1. The molecule has 1 aliphatic heterocycles. The molecule has 1 unspecified atom stereocenters. The van der Waals surface area contributed by atoms with E-state index in [0.717, 1.165) is 18.6 Å². The van der Waals surface area contributed by atoms with Crippen LogP contribution in [0.3, 0.4) is 0 Å². The van der Waals surface area contributed by atoms with Gasteiger partial charge in [0, 0.05) is 24.4 Å². The molecule has 132 valence electrons. The van der Waals surface area contributed by atoms with Crippen LogP contribution in [0.1, 0.15) is 28.8 Å². The number of ether oxygens (including phenoxy) is 1. The highest BCUT2D eigenvalue weighted by Gasteiger charge is 2.32. The minimum atomic E-state index is -4.48. The molecule has 0 bridgehead atoms. The fourth-order valence-electron chi connectivity index (χ4n) is 2.75. The maximum Gasteiger partial charge on any atom is 0.416 e. The molecule has 1 aromatic carbocycles. The smallest absolute Gasteiger partial charge is 0.416 e. The van der Waals surface area contributed by atoms with Gasteiger partial charge in [0.15, 0.2) is 0 Å². The van der Waals surface area contributed by atoms with Crippen LogP contribution in [0.5, 0.6) is 5.88 Å². The lowest BCUT2D eigenvalue weighted by Crippen LogP contribution is -2.44. The van der Waals surface area contributed by atoms with Crippen LogP contribution in [-0.2, 0) is 6.18 Å². The molecule has 3 rings (SSSR count). The van der Waals surface area contributed by atoms with E-state index in [1.165, 1.54) is 23.2 Å². The summed E-state index contributed by atoms with van der Waals surface area (Å²) in [6.07, 6.45) is -1.77. The highest BCUT2D eigenvalue weighted by Crippen LogP contribution is 2.30. The Balaban J connectivity index is 1.70. The van der Waals surface area contributed by atoms with Gasteiger partial charge in [-0.1, -0.05) is 6.07 Å². The Bertz CT molecular complexity index is 737. The number of rotatable bonds is 3. The number of hydrogen-bond acceptors (Lipinski definition) is 4. The second kappa shape index (κ2) is 7.08. The number of hydrogen-bond donors (Lipinski definition) is 0. The van der Waals surface area contributed by atoms with E-state index in [4.69, 9.17) is 4.74 Å². The van der Waals surface area contributed by atoms with Crippen LogP contribution in [0.4, 0.5) is 13.2 Å². The largest absolute Gasteiger partial charge is 0.471 e. The maximum atomic E-state index is 12.8. The lowest BCUT2D eigenvalue weighted by Gasteiger charge is -2.32. The Labute approximate surface area is 142 Å². The fourth-order valence-corrected chi connectivity index (χ4v) is 2.75. The molecule has 25 heavy (non-hydrogen) atoms. The molecule has 2 heterocycles. The van der Waals surface area contributed by atoms with E-state index in [-0.39, 0.29) is 11.7 Å². The number of alkyl halides is 3. The SMILES string of the molecule is O=C(c1cccc(C(F)(F)F)c1)N1CCCC(Oc2cccnn2)C1. The third kappa shape index (κ3) is 4.26. The Kier molecular flexibility index (Phi) is 4.87. The van der Waals surface area contributed by atoms with Crippen LogP contribution in [0, 0.1) is 0 Å². The van der Waals surface area contributed by atoms with Crippen molar-refractivity contribution in [3.05, 3.63) is 53.7 Å². The van der Waals surface area contributed by atoms with Crippen LogP contribution in [0.15, 0.2) is 42.6 Å². The Morgan fingerprint density at radius 1 is 1.24 bits per heavy atom. The number of benzene rings is 1. The molecule has 1 aliphatic rings. The van der Waals surface area contributed by atoms with Gasteiger partial charge in [-0.15, -0.1) is 5.10 Å². The fraction of sp³-hybridized carbons (Fsp3) is 0.353. The zero-order chi connectivity index (χ0) is 17.9. The summed E-state index contributed by atoms with van der Waals surface area (Å²) in [5, 5.41) is 7.56. The first kappa shape index (κ1) is 17.2. The van der Waals surface area contributed by atoms with Crippen molar-refractivity contribution in [1.29, 1.82) is 0 Å². The summed E-state index contributed by atoms with van der Waals surface area (Å²) in [7, 11) is 0. The summed E-state index contributed by atoms with van der Waals surface area (Å²) in [5.74, 6) is -0.0700. The van der Waals surface area contributed by atoms with Crippen LogP contribution < -0.4 is 4.74 Å². The van der Waals surface area contributed by atoms with Crippen LogP contribution in [0.2, 0.25) is 0 Å².